The molecule has 1 aromatic rings. The first-order chi connectivity index (χ1) is 10.5. The summed E-state index contributed by atoms with van der Waals surface area (Å²) < 4.78 is 5.38. The number of hydrogen-bond acceptors (Lipinski definition) is 3. The second kappa shape index (κ2) is 7.64. The maximum absolute atomic E-state index is 11.9. The lowest BCUT2D eigenvalue weighted by atomic mass is 10.1. The van der Waals surface area contributed by atoms with Gasteiger partial charge in [-0.15, -0.1) is 0 Å². The van der Waals surface area contributed by atoms with Gasteiger partial charge in [0.05, 0.1) is 0 Å². The van der Waals surface area contributed by atoms with Crippen molar-refractivity contribution < 1.29 is 14.3 Å². The van der Waals surface area contributed by atoms with Crippen molar-refractivity contribution in [2.75, 3.05) is 26.0 Å². The first-order valence-electron chi connectivity index (χ1n) is 7.44. The molecule has 2 rings (SSSR count). The van der Waals surface area contributed by atoms with Gasteiger partial charge in [0.2, 0.25) is 5.91 Å². The lowest BCUT2D eigenvalue weighted by molar-refractivity contribution is -0.130. The molecule has 22 heavy (non-hydrogen) atoms. The van der Waals surface area contributed by atoms with Crippen molar-refractivity contribution in [3.63, 3.8) is 0 Å². The Morgan fingerprint density at radius 2 is 2.00 bits per heavy atom. The first kappa shape index (κ1) is 16.1. The fourth-order valence-corrected chi connectivity index (χ4v) is 2.22. The van der Waals surface area contributed by atoms with E-state index in [9.17, 15) is 9.59 Å². The molecule has 0 saturated carbocycles. The van der Waals surface area contributed by atoms with Gasteiger partial charge < -0.3 is 15.0 Å². The zero-order valence-electron chi connectivity index (χ0n) is 13.0. The number of anilines is 1. The summed E-state index contributed by atoms with van der Waals surface area (Å²) in [6.45, 7) is 0.00667. The molecule has 1 aliphatic rings. The number of carbonyl (C=O) groups is 2. The molecule has 0 aliphatic heterocycles. The summed E-state index contributed by atoms with van der Waals surface area (Å²) in [4.78, 5) is 24.8. The van der Waals surface area contributed by atoms with E-state index in [2.05, 4.69) is 17.5 Å². The van der Waals surface area contributed by atoms with Crippen LogP contribution in [0.5, 0.6) is 5.75 Å². The van der Waals surface area contributed by atoms with Crippen LogP contribution in [0.1, 0.15) is 19.3 Å². The number of nitrogens with one attached hydrogen (secondary N) is 1. The largest absolute Gasteiger partial charge is 0.484 e. The molecule has 1 aromatic carbocycles. The Hall–Kier alpha value is -2.30. The fourth-order valence-electron chi connectivity index (χ4n) is 2.22. The number of rotatable bonds is 6. The summed E-state index contributed by atoms with van der Waals surface area (Å²) in [5.41, 5.74) is 0.735. The SMILES string of the molecule is CN(C)C(=O)COc1ccc(NC(=O)C[C@@H]2C=CCC2)cc1. The number of hydrogen-bond donors (Lipinski definition) is 1. The van der Waals surface area contributed by atoms with Crippen LogP contribution in [0.15, 0.2) is 36.4 Å². The van der Waals surface area contributed by atoms with Crippen LogP contribution in [0.25, 0.3) is 0 Å². The van der Waals surface area contributed by atoms with Crippen molar-refractivity contribution in [1.82, 2.24) is 4.90 Å². The highest BCUT2D eigenvalue weighted by Gasteiger charge is 2.14. The molecule has 0 saturated heterocycles. The maximum Gasteiger partial charge on any atom is 0.259 e. The Morgan fingerprint density at radius 1 is 1.27 bits per heavy atom. The Kier molecular flexibility index (Phi) is 5.58. The van der Waals surface area contributed by atoms with E-state index in [0.717, 1.165) is 18.5 Å². The van der Waals surface area contributed by atoms with Crippen molar-refractivity contribution in [3.05, 3.63) is 36.4 Å². The van der Waals surface area contributed by atoms with Crippen LogP contribution in [0.2, 0.25) is 0 Å². The lowest BCUT2D eigenvalue weighted by Gasteiger charge is -2.12. The van der Waals surface area contributed by atoms with Crippen molar-refractivity contribution >= 4 is 17.5 Å². The predicted molar refractivity (Wildman–Crippen MR) is 85.7 cm³/mol. The molecule has 0 fully saturated rings. The minimum absolute atomic E-state index is 0.00667. The molecule has 0 unspecified atom stereocenters. The molecule has 1 atom stereocenters. The van der Waals surface area contributed by atoms with Crippen LogP contribution < -0.4 is 10.1 Å². The second-order valence-electron chi connectivity index (χ2n) is 5.62. The first-order valence-corrected chi connectivity index (χ1v) is 7.44. The van der Waals surface area contributed by atoms with Crippen molar-refractivity contribution in [2.24, 2.45) is 5.92 Å². The van der Waals surface area contributed by atoms with E-state index >= 15 is 0 Å². The summed E-state index contributed by atoms with van der Waals surface area (Å²) in [6.07, 6.45) is 6.87. The Morgan fingerprint density at radius 3 is 2.59 bits per heavy atom. The van der Waals surface area contributed by atoms with Crippen molar-refractivity contribution in [3.8, 4) is 5.75 Å². The number of amides is 2. The van der Waals surface area contributed by atoms with Gasteiger partial charge in [0, 0.05) is 26.2 Å². The van der Waals surface area contributed by atoms with Crippen molar-refractivity contribution in [2.45, 2.75) is 19.3 Å². The van der Waals surface area contributed by atoms with Gasteiger partial charge in [-0.1, -0.05) is 12.2 Å². The summed E-state index contributed by atoms with van der Waals surface area (Å²) in [6, 6.07) is 7.04. The molecule has 2 amide bonds. The molecule has 118 valence electrons. The summed E-state index contributed by atoms with van der Waals surface area (Å²) in [5, 5.41) is 2.88. The highest BCUT2D eigenvalue weighted by atomic mass is 16.5. The zero-order chi connectivity index (χ0) is 15.9. The summed E-state index contributed by atoms with van der Waals surface area (Å²) in [5.74, 6) is 0.890. The molecule has 5 nitrogen and oxygen atoms in total. The van der Waals surface area contributed by atoms with Gasteiger partial charge in [-0.2, -0.15) is 0 Å². The molecule has 0 radical (unpaired) electrons. The molecular formula is C17H22N2O3. The highest BCUT2D eigenvalue weighted by Crippen LogP contribution is 2.21. The number of nitrogens with zero attached hydrogens (tertiary/aromatic N) is 1. The van der Waals surface area contributed by atoms with Gasteiger partial charge in [0.15, 0.2) is 6.61 Å². The van der Waals surface area contributed by atoms with Crippen LogP contribution in [-0.2, 0) is 9.59 Å². The van der Waals surface area contributed by atoms with E-state index in [1.807, 2.05) is 0 Å². The quantitative estimate of drug-likeness (QED) is 0.821. The molecule has 1 N–H and O–H groups in total. The number of likely N-dealkylation sites (N-methyl/N-ethyl adjacent to an activating group) is 1. The number of benzene rings is 1. The van der Waals surface area contributed by atoms with E-state index in [1.54, 1.807) is 38.4 Å². The Labute approximate surface area is 130 Å². The van der Waals surface area contributed by atoms with Gasteiger partial charge in [-0.25, -0.2) is 0 Å². The third-order valence-corrected chi connectivity index (χ3v) is 3.56. The summed E-state index contributed by atoms with van der Waals surface area (Å²) in [7, 11) is 3.37. The van der Waals surface area contributed by atoms with E-state index in [-0.39, 0.29) is 18.4 Å². The Bertz CT molecular complexity index is 550. The molecule has 0 aromatic heterocycles. The minimum Gasteiger partial charge on any atom is -0.484 e. The fraction of sp³-hybridized carbons (Fsp3) is 0.412. The zero-order valence-corrected chi connectivity index (χ0v) is 13.0. The van der Waals surface area contributed by atoms with Crippen LogP contribution in [-0.4, -0.2) is 37.4 Å². The number of allylic oxidation sites excluding steroid dienone is 2. The van der Waals surface area contributed by atoms with Crippen LogP contribution in [0.4, 0.5) is 5.69 Å². The third-order valence-electron chi connectivity index (χ3n) is 3.56. The van der Waals surface area contributed by atoms with Gasteiger partial charge in [-0.05, 0) is 43.0 Å². The highest BCUT2D eigenvalue weighted by molar-refractivity contribution is 5.91. The average molecular weight is 302 g/mol. The van der Waals surface area contributed by atoms with Crippen LogP contribution in [0, 0.1) is 5.92 Å². The van der Waals surface area contributed by atoms with E-state index in [4.69, 9.17) is 4.74 Å². The van der Waals surface area contributed by atoms with E-state index in [1.165, 1.54) is 4.90 Å². The minimum atomic E-state index is -0.0954. The van der Waals surface area contributed by atoms with E-state index in [0.29, 0.717) is 18.1 Å². The normalized spacial score (nSPS) is 16.4. The molecular weight excluding hydrogens is 280 g/mol. The monoisotopic (exact) mass is 302 g/mol. The lowest BCUT2D eigenvalue weighted by Crippen LogP contribution is -2.27. The topological polar surface area (TPSA) is 58.6 Å². The molecule has 0 spiro atoms. The van der Waals surface area contributed by atoms with Crippen molar-refractivity contribution in [1.29, 1.82) is 0 Å². The maximum atomic E-state index is 11.9. The summed E-state index contributed by atoms with van der Waals surface area (Å²) >= 11 is 0. The van der Waals surface area contributed by atoms with E-state index < -0.39 is 0 Å². The predicted octanol–water partition coefficient (Wildman–Crippen LogP) is 2.45. The van der Waals surface area contributed by atoms with Gasteiger partial charge in [-0.3, -0.25) is 9.59 Å². The smallest absolute Gasteiger partial charge is 0.259 e. The second-order valence-corrected chi connectivity index (χ2v) is 5.62. The number of ether oxygens (including phenoxy) is 1. The third kappa shape index (κ3) is 4.91. The molecule has 0 bridgehead atoms. The average Bonchev–Trinajstić information content (AvgIpc) is 2.98. The molecule has 1 aliphatic carbocycles. The molecule has 0 heterocycles. The van der Waals surface area contributed by atoms with Crippen LogP contribution >= 0.6 is 0 Å². The molecule has 5 heteroatoms. The Balaban J connectivity index is 1.79. The number of carbonyl (C=O) groups excluding carboxylic acids is 2. The van der Waals surface area contributed by atoms with Gasteiger partial charge in [0.1, 0.15) is 5.75 Å². The van der Waals surface area contributed by atoms with Crippen LogP contribution in [0.3, 0.4) is 0 Å². The van der Waals surface area contributed by atoms with Gasteiger partial charge >= 0.3 is 0 Å². The van der Waals surface area contributed by atoms with Gasteiger partial charge in [0.25, 0.3) is 5.91 Å². The standard InChI is InChI=1S/C17H22N2O3/c1-19(2)17(21)12-22-15-9-7-14(8-10-15)18-16(20)11-13-5-3-4-6-13/h3,5,7-10,13H,4,6,11-12H2,1-2H3,(H,18,20)/t13-/m1/s1.